The maximum atomic E-state index is 10.9. The van der Waals surface area contributed by atoms with Gasteiger partial charge in [-0.15, -0.1) is 0 Å². The standard InChI is InChI=1S/C15H13BrO2/c16-10-11-6-7-14(12-4-2-1-3-5-12)13(8-11)9-15(17)18/h1-8H,9-10H2,(H,17,18). The number of rotatable bonds is 4. The van der Waals surface area contributed by atoms with Crippen molar-refractivity contribution in [2.75, 3.05) is 0 Å². The largest absolute Gasteiger partial charge is 0.481 e. The molecule has 2 aromatic carbocycles. The second-order valence-corrected chi connectivity index (χ2v) is 4.62. The molecule has 0 saturated carbocycles. The van der Waals surface area contributed by atoms with Crippen molar-refractivity contribution in [3.63, 3.8) is 0 Å². The smallest absolute Gasteiger partial charge is 0.307 e. The van der Waals surface area contributed by atoms with Gasteiger partial charge in [0.15, 0.2) is 0 Å². The van der Waals surface area contributed by atoms with E-state index in [9.17, 15) is 4.79 Å². The molecule has 0 aliphatic carbocycles. The van der Waals surface area contributed by atoms with Crippen LogP contribution in [0.4, 0.5) is 0 Å². The van der Waals surface area contributed by atoms with E-state index in [1.54, 1.807) is 0 Å². The Kier molecular flexibility index (Phi) is 4.15. The summed E-state index contributed by atoms with van der Waals surface area (Å²) in [6.45, 7) is 0. The summed E-state index contributed by atoms with van der Waals surface area (Å²) in [7, 11) is 0. The molecule has 0 atom stereocenters. The van der Waals surface area contributed by atoms with Crippen LogP contribution < -0.4 is 0 Å². The molecule has 0 aliphatic heterocycles. The van der Waals surface area contributed by atoms with Gasteiger partial charge in [-0.1, -0.05) is 64.5 Å². The first-order valence-corrected chi connectivity index (χ1v) is 6.78. The summed E-state index contributed by atoms with van der Waals surface area (Å²) in [5, 5.41) is 9.72. The fraction of sp³-hybridized carbons (Fsp3) is 0.133. The number of benzene rings is 2. The Morgan fingerprint density at radius 3 is 2.44 bits per heavy atom. The van der Waals surface area contributed by atoms with Crippen molar-refractivity contribution >= 4 is 21.9 Å². The average Bonchev–Trinajstić information content (AvgIpc) is 2.39. The van der Waals surface area contributed by atoms with E-state index in [1.165, 1.54) is 0 Å². The lowest BCUT2D eigenvalue weighted by Gasteiger charge is -2.10. The molecule has 0 fully saturated rings. The molecule has 0 aromatic heterocycles. The van der Waals surface area contributed by atoms with E-state index in [2.05, 4.69) is 15.9 Å². The van der Waals surface area contributed by atoms with E-state index < -0.39 is 5.97 Å². The Morgan fingerprint density at radius 2 is 1.83 bits per heavy atom. The van der Waals surface area contributed by atoms with Crippen LogP contribution in [0.15, 0.2) is 48.5 Å². The predicted octanol–water partition coefficient (Wildman–Crippen LogP) is 3.88. The lowest BCUT2D eigenvalue weighted by molar-refractivity contribution is -0.136. The van der Waals surface area contributed by atoms with Crippen LogP contribution in [-0.4, -0.2) is 11.1 Å². The summed E-state index contributed by atoms with van der Waals surface area (Å²) in [5.41, 5.74) is 3.98. The quantitative estimate of drug-likeness (QED) is 0.871. The van der Waals surface area contributed by atoms with Crippen molar-refractivity contribution in [3.8, 4) is 11.1 Å². The van der Waals surface area contributed by atoms with Crippen molar-refractivity contribution in [1.82, 2.24) is 0 Å². The van der Waals surface area contributed by atoms with Gasteiger partial charge in [-0.2, -0.15) is 0 Å². The van der Waals surface area contributed by atoms with E-state index in [1.807, 2.05) is 48.5 Å². The van der Waals surface area contributed by atoms with Crippen molar-refractivity contribution in [2.45, 2.75) is 11.8 Å². The van der Waals surface area contributed by atoms with Crippen molar-refractivity contribution in [2.24, 2.45) is 0 Å². The van der Waals surface area contributed by atoms with Gasteiger partial charge in [-0.25, -0.2) is 0 Å². The van der Waals surface area contributed by atoms with Crippen LogP contribution in [0.1, 0.15) is 11.1 Å². The lowest BCUT2D eigenvalue weighted by atomic mass is 9.96. The van der Waals surface area contributed by atoms with Gasteiger partial charge in [0.05, 0.1) is 6.42 Å². The number of halogens is 1. The topological polar surface area (TPSA) is 37.3 Å². The molecule has 1 N–H and O–H groups in total. The normalized spacial score (nSPS) is 10.3. The van der Waals surface area contributed by atoms with Gasteiger partial charge in [0.1, 0.15) is 0 Å². The first-order chi connectivity index (χ1) is 8.70. The summed E-state index contributed by atoms with van der Waals surface area (Å²) in [5.74, 6) is -0.807. The third-order valence-corrected chi connectivity index (χ3v) is 3.40. The first kappa shape index (κ1) is 12.8. The summed E-state index contributed by atoms with van der Waals surface area (Å²) < 4.78 is 0. The second kappa shape index (κ2) is 5.83. The van der Waals surface area contributed by atoms with Gasteiger partial charge in [0.25, 0.3) is 0 Å². The zero-order chi connectivity index (χ0) is 13.0. The van der Waals surface area contributed by atoms with Gasteiger partial charge in [-0.05, 0) is 22.3 Å². The molecular formula is C15H13BrO2. The summed E-state index contributed by atoms with van der Waals surface area (Å²) >= 11 is 3.39. The Labute approximate surface area is 114 Å². The highest BCUT2D eigenvalue weighted by molar-refractivity contribution is 9.08. The van der Waals surface area contributed by atoms with Gasteiger partial charge in [-0.3, -0.25) is 4.79 Å². The third-order valence-electron chi connectivity index (χ3n) is 2.75. The highest BCUT2D eigenvalue weighted by atomic mass is 79.9. The molecular weight excluding hydrogens is 292 g/mol. The van der Waals surface area contributed by atoms with E-state index in [-0.39, 0.29) is 6.42 Å². The summed E-state index contributed by atoms with van der Waals surface area (Å²) in [6.07, 6.45) is 0.0467. The SMILES string of the molecule is O=C(O)Cc1cc(CBr)ccc1-c1ccccc1. The maximum absolute atomic E-state index is 10.9. The molecule has 92 valence electrons. The Hall–Kier alpha value is -1.61. The van der Waals surface area contributed by atoms with Crippen LogP contribution in [-0.2, 0) is 16.5 Å². The molecule has 0 amide bonds. The number of carboxylic acid groups (broad SMARTS) is 1. The second-order valence-electron chi connectivity index (χ2n) is 4.06. The predicted molar refractivity (Wildman–Crippen MR) is 75.8 cm³/mol. The van der Waals surface area contributed by atoms with Crippen LogP contribution in [0.3, 0.4) is 0 Å². The van der Waals surface area contributed by atoms with Crippen molar-refractivity contribution in [3.05, 3.63) is 59.7 Å². The molecule has 0 unspecified atom stereocenters. The molecule has 18 heavy (non-hydrogen) atoms. The van der Waals surface area contributed by atoms with Gasteiger partial charge in [0, 0.05) is 5.33 Å². The number of carboxylic acids is 1. The molecule has 0 heterocycles. The number of hydrogen-bond acceptors (Lipinski definition) is 1. The Balaban J connectivity index is 2.49. The lowest BCUT2D eigenvalue weighted by Crippen LogP contribution is -2.02. The monoisotopic (exact) mass is 304 g/mol. The minimum atomic E-state index is -0.807. The van der Waals surface area contributed by atoms with Crippen LogP contribution in [0, 0.1) is 0 Å². The number of alkyl halides is 1. The summed E-state index contributed by atoms with van der Waals surface area (Å²) in [6, 6.07) is 15.8. The Bertz CT molecular complexity index is 550. The fourth-order valence-electron chi connectivity index (χ4n) is 1.94. The maximum Gasteiger partial charge on any atom is 0.307 e. The zero-order valence-electron chi connectivity index (χ0n) is 9.77. The van der Waals surface area contributed by atoms with Crippen LogP contribution in [0.25, 0.3) is 11.1 Å². The average molecular weight is 305 g/mol. The van der Waals surface area contributed by atoms with Gasteiger partial charge < -0.3 is 5.11 Å². The van der Waals surface area contributed by atoms with Crippen molar-refractivity contribution in [1.29, 1.82) is 0 Å². The molecule has 2 aromatic rings. The molecule has 0 saturated heterocycles. The first-order valence-electron chi connectivity index (χ1n) is 5.65. The van der Waals surface area contributed by atoms with E-state index in [0.29, 0.717) is 0 Å². The highest BCUT2D eigenvalue weighted by Crippen LogP contribution is 2.25. The molecule has 2 rings (SSSR count). The fourth-order valence-corrected chi connectivity index (χ4v) is 2.29. The highest BCUT2D eigenvalue weighted by Gasteiger charge is 2.09. The molecule has 0 bridgehead atoms. The molecule has 2 nitrogen and oxygen atoms in total. The van der Waals surface area contributed by atoms with E-state index in [0.717, 1.165) is 27.6 Å². The third kappa shape index (κ3) is 2.99. The molecule has 3 heteroatoms. The van der Waals surface area contributed by atoms with Gasteiger partial charge >= 0.3 is 5.97 Å². The summed E-state index contributed by atoms with van der Waals surface area (Å²) in [4.78, 5) is 10.9. The van der Waals surface area contributed by atoms with Crippen LogP contribution in [0.5, 0.6) is 0 Å². The minimum Gasteiger partial charge on any atom is -0.481 e. The minimum absolute atomic E-state index is 0.0467. The number of aliphatic carboxylic acids is 1. The van der Waals surface area contributed by atoms with Crippen molar-refractivity contribution < 1.29 is 9.90 Å². The van der Waals surface area contributed by atoms with Crippen LogP contribution in [0.2, 0.25) is 0 Å². The van der Waals surface area contributed by atoms with Gasteiger partial charge in [0.2, 0.25) is 0 Å². The molecule has 0 radical (unpaired) electrons. The van der Waals surface area contributed by atoms with Crippen LogP contribution >= 0.6 is 15.9 Å². The number of carbonyl (C=O) groups is 1. The Morgan fingerprint density at radius 1 is 1.11 bits per heavy atom. The molecule has 0 spiro atoms. The van der Waals surface area contributed by atoms with E-state index >= 15 is 0 Å². The van der Waals surface area contributed by atoms with E-state index in [4.69, 9.17) is 5.11 Å². The number of hydrogen-bond donors (Lipinski definition) is 1. The zero-order valence-corrected chi connectivity index (χ0v) is 11.4. The molecule has 0 aliphatic rings.